The summed E-state index contributed by atoms with van der Waals surface area (Å²) in [5.74, 6) is 0.841. The standard InChI is InChI=1S/C14H21NO4S2/c1-9-5-10(2)7-11(6-9)19-13(16)8-12-3-4-14(20-12)21(15,17)18/h3-4,9-11H,5-8H2,1-2H3,(H2,15,17,18). The molecule has 5 nitrogen and oxygen atoms in total. The van der Waals surface area contributed by atoms with Crippen LogP contribution >= 0.6 is 11.3 Å². The maximum atomic E-state index is 12.0. The molecule has 2 unspecified atom stereocenters. The van der Waals surface area contributed by atoms with E-state index in [9.17, 15) is 13.2 Å². The maximum Gasteiger partial charge on any atom is 0.311 e. The van der Waals surface area contributed by atoms with Crippen LogP contribution in [0.5, 0.6) is 0 Å². The van der Waals surface area contributed by atoms with Gasteiger partial charge in [-0.15, -0.1) is 11.3 Å². The molecule has 2 atom stereocenters. The van der Waals surface area contributed by atoms with Crippen molar-refractivity contribution < 1.29 is 17.9 Å². The number of ether oxygens (including phenoxy) is 1. The van der Waals surface area contributed by atoms with Gasteiger partial charge in [0.05, 0.1) is 6.42 Å². The molecule has 1 fully saturated rings. The molecule has 0 aliphatic heterocycles. The highest BCUT2D eigenvalue weighted by molar-refractivity contribution is 7.91. The fourth-order valence-electron chi connectivity index (χ4n) is 2.95. The summed E-state index contributed by atoms with van der Waals surface area (Å²) in [6.45, 7) is 4.35. The molecule has 7 heteroatoms. The second kappa shape index (κ2) is 6.46. The summed E-state index contributed by atoms with van der Waals surface area (Å²) in [6.07, 6.45) is 3.07. The Morgan fingerprint density at radius 1 is 1.29 bits per heavy atom. The number of hydrogen-bond acceptors (Lipinski definition) is 5. The Hall–Kier alpha value is -0.920. The van der Waals surface area contributed by atoms with Crippen molar-refractivity contribution in [2.75, 3.05) is 0 Å². The predicted octanol–water partition coefficient (Wildman–Crippen LogP) is 2.31. The molecule has 0 radical (unpaired) electrons. The van der Waals surface area contributed by atoms with Crippen LogP contribution in [0.15, 0.2) is 16.3 Å². The summed E-state index contributed by atoms with van der Waals surface area (Å²) in [6, 6.07) is 3.03. The lowest BCUT2D eigenvalue weighted by Gasteiger charge is -2.30. The fourth-order valence-corrected chi connectivity index (χ4v) is 4.71. The van der Waals surface area contributed by atoms with Gasteiger partial charge in [-0.2, -0.15) is 0 Å². The van der Waals surface area contributed by atoms with Crippen molar-refractivity contribution in [2.24, 2.45) is 17.0 Å². The summed E-state index contributed by atoms with van der Waals surface area (Å²) in [5.41, 5.74) is 0. The highest BCUT2D eigenvalue weighted by atomic mass is 32.2. The number of thiophene rings is 1. The molecule has 1 aliphatic carbocycles. The zero-order chi connectivity index (χ0) is 15.6. The molecule has 0 aromatic carbocycles. The van der Waals surface area contributed by atoms with E-state index in [-0.39, 0.29) is 22.7 Å². The molecule has 0 saturated heterocycles. The number of hydrogen-bond donors (Lipinski definition) is 1. The Morgan fingerprint density at radius 3 is 2.43 bits per heavy atom. The molecule has 1 heterocycles. The van der Waals surface area contributed by atoms with Crippen molar-refractivity contribution in [2.45, 2.75) is 49.8 Å². The molecular formula is C14H21NO4S2. The Labute approximate surface area is 129 Å². The van der Waals surface area contributed by atoms with Gasteiger partial charge >= 0.3 is 5.97 Å². The van der Waals surface area contributed by atoms with Crippen LogP contribution in [0, 0.1) is 11.8 Å². The fraction of sp³-hybridized carbons (Fsp3) is 0.643. The topological polar surface area (TPSA) is 86.5 Å². The van der Waals surface area contributed by atoms with Crippen LogP contribution in [-0.4, -0.2) is 20.5 Å². The number of carbonyl (C=O) groups excluding carboxylic acids is 1. The van der Waals surface area contributed by atoms with Crippen LogP contribution in [0.1, 0.15) is 38.0 Å². The normalized spacial score (nSPS) is 26.5. The Morgan fingerprint density at radius 2 is 1.90 bits per heavy atom. The first-order valence-corrected chi connectivity index (χ1v) is 9.41. The first kappa shape index (κ1) is 16.5. The third-order valence-electron chi connectivity index (χ3n) is 3.67. The highest BCUT2D eigenvalue weighted by Crippen LogP contribution is 2.30. The van der Waals surface area contributed by atoms with Crippen LogP contribution in [0.25, 0.3) is 0 Å². The number of rotatable bonds is 4. The van der Waals surface area contributed by atoms with Gasteiger partial charge < -0.3 is 4.74 Å². The zero-order valence-electron chi connectivity index (χ0n) is 12.2. The summed E-state index contributed by atoms with van der Waals surface area (Å²) in [4.78, 5) is 12.6. The van der Waals surface area contributed by atoms with Gasteiger partial charge in [0.15, 0.2) is 0 Å². The molecule has 0 amide bonds. The SMILES string of the molecule is CC1CC(C)CC(OC(=O)Cc2ccc(S(N)(=O)=O)s2)C1. The Kier molecular flexibility index (Phi) is 5.06. The van der Waals surface area contributed by atoms with E-state index < -0.39 is 10.0 Å². The van der Waals surface area contributed by atoms with Crippen molar-refractivity contribution in [1.82, 2.24) is 0 Å². The second-order valence-corrected chi connectivity index (χ2v) is 8.93. The van der Waals surface area contributed by atoms with Gasteiger partial charge in [-0.05, 0) is 43.2 Å². The van der Waals surface area contributed by atoms with Crippen LogP contribution in [0.2, 0.25) is 0 Å². The Balaban J connectivity index is 1.91. The lowest BCUT2D eigenvalue weighted by molar-refractivity contribution is -0.151. The van der Waals surface area contributed by atoms with Crippen molar-refractivity contribution in [3.8, 4) is 0 Å². The van der Waals surface area contributed by atoms with Gasteiger partial charge in [-0.1, -0.05) is 13.8 Å². The Bertz CT molecular complexity index is 598. The van der Waals surface area contributed by atoms with Crippen LogP contribution < -0.4 is 5.14 Å². The smallest absolute Gasteiger partial charge is 0.311 e. The van der Waals surface area contributed by atoms with Crippen LogP contribution in [0.4, 0.5) is 0 Å². The lowest BCUT2D eigenvalue weighted by Crippen LogP contribution is -2.28. The molecule has 2 N–H and O–H groups in total. The van der Waals surface area contributed by atoms with E-state index in [1.54, 1.807) is 6.07 Å². The average molecular weight is 331 g/mol. The average Bonchev–Trinajstić information content (AvgIpc) is 2.75. The molecule has 21 heavy (non-hydrogen) atoms. The van der Waals surface area contributed by atoms with Crippen molar-refractivity contribution >= 4 is 27.3 Å². The summed E-state index contributed by atoms with van der Waals surface area (Å²) in [7, 11) is -3.69. The van der Waals surface area contributed by atoms with Crippen molar-refractivity contribution in [3.05, 3.63) is 17.0 Å². The third kappa shape index (κ3) is 4.79. The van der Waals surface area contributed by atoms with Gasteiger partial charge in [0.25, 0.3) is 0 Å². The van der Waals surface area contributed by atoms with E-state index in [0.717, 1.165) is 24.2 Å². The minimum absolute atomic E-state index is 0.0195. The van der Waals surface area contributed by atoms with Gasteiger partial charge in [-0.3, -0.25) is 4.79 Å². The highest BCUT2D eigenvalue weighted by Gasteiger charge is 2.26. The molecule has 0 bridgehead atoms. The number of esters is 1. The first-order chi connectivity index (χ1) is 9.74. The van der Waals surface area contributed by atoms with E-state index in [2.05, 4.69) is 13.8 Å². The van der Waals surface area contributed by atoms with Crippen molar-refractivity contribution in [1.29, 1.82) is 0 Å². The minimum atomic E-state index is -3.69. The third-order valence-corrected chi connectivity index (χ3v) is 6.19. The molecule has 1 saturated carbocycles. The van der Waals surface area contributed by atoms with E-state index in [1.807, 2.05) is 0 Å². The van der Waals surface area contributed by atoms with E-state index in [0.29, 0.717) is 16.7 Å². The van der Waals surface area contributed by atoms with E-state index in [4.69, 9.17) is 9.88 Å². The number of carbonyl (C=O) groups is 1. The van der Waals surface area contributed by atoms with Gasteiger partial charge in [0.2, 0.25) is 10.0 Å². The predicted molar refractivity (Wildman–Crippen MR) is 81.5 cm³/mol. The van der Waals surface area contributed by atoms with Crippen molar-refractivity contribution in [3.63, 3.8) is 0 Å². The first-order valence-electron chi connectivity index (χ1n) is 7.05. The second-order valence-electron chi connectivity index (χ2n) is 5.97. The minimum Gasteiger partial charge on any atom is -0.462 e. The number of nitrogens with two attached hydrogens (primary N) is 1. The van der Waals surface area contributed by atoms with Gasteiger partial charge in [-0.25, -0.2) is 13.6 Å². The van der Waals surface area contributed by atoms with E-state index >= 15 is 0 Å². The molecule has 1 aromatic rings. The quantitative estimate of drug-likeness (QED) is 0.858. The molecule has 2 rings (SSSR count). The lowest BCUT2D eigenvalue weighted by atomic mass is 9.82. The van der Waals surface area contributed by atoms with E-state index in [1.165, 1.54) is 12.5 Å². The van der Waals surface area contributed by atoms with Crippen LogP contribution in [0.3, 0.4) is 0 Å². The summed E-state index contributed by atoms with van der Waals surface area (Å²) >= 11 is 1.02. The summed E-state index contributed by atoms with van der Waals surface area (Å²) < 4.78 is 28.0. The largest absolute Gasteiger partial charge is 0.462 e. The van der Waals surface area contributed by atoms with Gasteiger partial charge in [0.1, 0.15) is 10.3 Å². The molecular weight excluding hydrogens is 310 g/mol. The van der Waals surface area contributed by atoms with Gasteiger partial charge in [0, 0.05) is 4.88 Å². The number of sulfonamides is 1. The summed E-state index contributed by atoms with van der Waals surface area (Å²) in [5, 5.41) is 5.05. The maximum absolute atomic E-state index is 12.0. The molecule has 118 valence electrons. The molecule has 1 aliphatic rings. The molecule has 0 spiro atoms. The monoisotopic (exact) mass is 331 g/mol. The van der Waals surface area contributed by atoms with Crippen LogP contribution in [-0.2, 0) is 26.0 Å². The zero-order valence-corrected chi connectivity index (χ0v) is 13.9. The molecule has 1 aromatic heterocycles. The number of primary sulfonamides is 1.